The fraction of sp³-hybridized carbons (Fsp3) is 0.429. The largest absolute Gasteiger partial charge is 0.483 e. The van der Waals surface area contributed by atoms with Gasteiger partial charge in [0.15, 0.2) is 6.61 Å². The molecular weight excluding hydrogens is 303 g/mol. The van der Waals surface area contributed by atoms with Crippen LogP contribution < -0.4 is 10.1 Å². The molecule has 2 atom stereocenters. The van der Waals surface area contributed by atoms with E-state index in [0.29, 0.717) is 0 Å². The predicted octanol–water partition coefficient (Wildman–Crippen LogP) is 2.31. The van der Waals surface area contributed by atoms with E-state index in [2.05, 4.69) is 5.32 Å². The topological polar surface area (TPSA) is 75.6 Å². The van der Waals surface area contributed by atoms with Crippen molar-refractivity contribution in [1.82, 2.24) is 5.32 Å². The molecule has 0 aliphatic carbocycles. The van der Waals surface area contributed by atoms with Crippen molar-refractivity contribution in [1.29, 1.82) is 0 Å². The number of rotatable bonds is 6. The molecule has 0 heterocycles. The van der Waals surface area contributed by atoms with E-state index in [1.54, 1.807) is 0 Å². The number of carbonyl (C=O) groups excluding carboxylic acids is 1. The van der Waals surface area contributed by atoms with Crippen molar-refractivity contribution >= 4 is 11.9 Å². The minimum absolute atomic E-state index is 0.455. The lowest BCUT2D eigenvalue weighted by Gasteiger charge is -2.18. The molecule has 5 nitrogen and oxygen atoms in total. The van der Waals surface area contributed by atoms with Crippen LogP contribution in [0.2, 0.25) is 0 Å². The van der Waals surface area contributed by atoms with E-state index in [9.17, 15) is 22.8 Å². The lowest BCUT2D eigenvalue weighted by Crippen LogP contribution is -2.42. The Kier molecular flexibility index (Phi) is 5.78. The number of carbonyl (C=O) groups is 2. The van der Waals surface area contributed by atoms with E-state index in [-0.39, 0.29) is 0 Å². The van der Waals surface area contributed by atoms with E-state index in [0.717, 1.165) is 12.1 Å². The van der Waals surface area contributed by atoms with Crippen LogP contribution in [0.4, 0.5) is 13.2 Å². The number of carboxylic acid groups (broad SMARTS) is 1. The number of hydrogen-bond donors (Lipinski definition) is 2. The van der Waals surface area contributed by atoms with Gasteiger partial charge >= 0.3 is 12.1 Å². The molecule has 1 aromatic carbocycles. The van der Waals surface area contributed by atoms with Gasteiger partial charge in [-0.15, -0.1) is 0 Å². The number of hydrogen-bond acceptors (Lipinski definition) is 3. The van der Waals surface area contributed by atoms with E-state index in [1.165, 1.54) is 26.0 Å². The highest BCUT2D eigenvalue weighted by Crippen LogP contribution is 2.35. The molecule has 2 unspecified atom stereocenters. The number of benzene rings is 1. The molecule has 0 spiro atoms. The van der Waals surface area contributed by atoms with Crippen LogP contribution in [0, 0.1) is 5.92 Å². The van der Waals surface area contributed by atoms with Crippen LogP contribution in [0.15, 0.2) is 24.3 Å². The lowest BCUT2D eigenvalue weighted by atomic mass is 10.0. The first-order chi connectivity index (χ1) is 10.1. The average molecular weight is 319 g/mol. The van der Waals surface area contributed by atoms with Gasteiger partial charge in [0.1, 0.15) is 5.75 Å². The summed E-state index contributed by atoms with van der Waals surface area (Å²) in [5.41, 5.74) is -0.977. The molecule has 0 bridgehead atoms. The summed E-state index contributed by atoms with van der Waals surface area (Å²) in [5.74, 6) is -3.07. The van der Waals surface area contributed by atoms with Crippen molar-refractivity contribution in [3.8, 4) is 5.75 Å². The zero-order valence-corrected chi connectivity index (χ0v) is 12.0. The van der Waals surface area contributed by atoms with Crippen molar-refractivity contribution in [3.05, 3.63) is 29.8 Å². The van der Waals surface area contributed by atoms with Gasteiger partial charge in [-0.05, 0) is 26.0 Å². The molecule has 8 heteroatoms. The molecule has 2 N–H and O–H groups in total. The Bertz CT molecular complexity index is 545. The third-order valence-electron chi connectivity index (χ3n) is 3.08. The number of halogens is 3. The van der Waals surface area contributed by atoms with Gasteiger partial charge in [0, 0.05) is 6.04 Å². The summed E-state index contributed by atoms with van der Waals surface area (Å²) in [7, 11) is 0. The van der Waals surface area contributed by atoms with Gasteiger partial charge in [0.25, 0.3) is 5.91 Å². The SMILES string of the molecule is CC(NC(=O)COc1ccccc1C(F)(F)F)C(C)C(=O)O. The third-order valence-corrected chi connectivity index (χ3v) is 3.08. The Morgan fingerprint density at radius 3 is 2.41 bits per heavy atom. The van der Waals surface area contributed by atoms with Crippen LogP contribution >= 0.6 is 0 Å². The second-order valence-corrected chi connectivity index (χ2v) is 4.77. The maximum atomic E-state index is 12.7. The second kappa shape index (κ2) is 7.15. The molecule has 1 rings (SSSR count). The van der Waals surface area contributed by atoms with Crippen LogP contribution in [0.1, 0.15) is 19.4 Å². The van der Waals surface area contributed by atoms with Crippen LogP contribution in [0.5, 0.6) is 5.75 Å². The number of para-hydroxylation sites is 1. The molecule has 1 amide bonds. The minimum atomic E-state index is -4.59. The van der Waals surface area contributed by atoms with Crippen LogP contribution in [0.3, 0.4) is 0 Å². The van der Waals surface area contributed by atoms with Gasteiger partial charge in [-0.1, -0.05) is 12.1 Å². The third kappa shape index (κ3) is 4.94. The second-order valence-electron chi connectivity index (χ2n) is 4.77. The van der Waals surface area contributed by atoms with Crippen LogP contribution in [-0.4, -0.2) is 29.6 Å². The van der Waals surface area contributed by atoms with E-state index >= 15 is 0 Å². The van der Waals surface area contributed by atoms with Gasteiger partial charge in [-0.2, -0.15) is 13.2 Å². The molecule has 0 aromatic heterocycles. The van der Waals surface area contributed by atoms with Gasteiger partial charge in [-0.3, -0.25) is 9.59 Å². The normalized spacial score (nSPS) is 14.0. The van der Waals surface area contributed by atoms with Gasteiger partial charge in [0.2, 0.25) is 0 Å². The van der Waals surface area contributed by atoms with E-state index < -0.39 is 47.9 Å². The number of amides is 1. The monoisotopic (exact) mass is 319 g/mol. The summed E-state index contributed by atoms with van der Waals surface area (Å²) in [4.78, 5) is 22.4. The number of alkyl halides is 3. The van der Waals surface area contributed by atoms with Crippen molar-refractivity contribution in [2.45, 2.75) is 26.1 Å². The number of nitrogens with one attached hydrogen (secondary N) is 1. The van der Waals surface area contributed by atoms with Gasteiger partial charge < -0.3 is 15.2 Å². The Labute approximate surface area is 125 Å². The zero-order chi connectivity index (χ0) is 16.9. The molecule has 0 fully saturated rings. The summed E-state index contributed by atoms with van der Waals surface area (Å²) < 4.78 is 43.1. The zero-order valence-electron chi connectivity index (χ0n) is 12.0. The molecule has 0 saturated heterocycles. The maximum Gasteiger partial charge on any atom is 0.419 e. The Hall–Kier alpha value is -2.25. The number of aliphatic carboxylic acids is 1. The first-order valence-corrected chi connectivity index (χ1v) is 6.44. The highest BCUT2D eigenvalue weighted by molar-refractivity contribution is 5.79. The van der Waals surface area contributed by atoms with Crippen LogP contribution in [0.25, 0.3) is 0 Å². The molecular formula is C14H16F3NO4. The average Bonchev–Trinajstić information content (AvgIpc) is 2.43. The number of carboxylic acids is 1. The van der Waals surface area contributed by atoms with E-state index in [1.807, 2.05) is 0 Å². The highest BCUT2D eigenvalue weighted by Gasteiger charge is 2.34. The minimum Gasteiger partial charge on any atom is -0.483 e. The lowest BCUT2D eigenvalue weighted by molar-refractivity contribution is -0.143. The molecule has 0 saturated carbocycles. The fourth-order valence-corrected chi connectivity index (χ4v) is 1.60. The highest BCUT2D eigenvalue weighted by atomic mass is 19.4. The summed E-state index contributed by atoms with van der Waals surface area (Å²) in [5, 5.41) is 11.2. The molecule has 22 heavy (non-hydrogen) atoms. The predicted molar refractivity (Wildman–Crippen MR) is 71.3 cm³/mol. The van der Waals surface area contributed by atoms with Crippen LogP contribution in [-0.2, 0) is 15.8 Å². The molecule has 1 aromatic rings. The number of ether oxygens (including phenoxy) is 1. The smallest absolute Gasteiger partial charge is 0.419 e. The molecule has 0 aliphatic rings. The van der Waals surface area contributed by atoms with Crippen molar-refractivity contribution < 1.29 is 32.6 Å². The first-order valence-electron chi connectivity index (χ1n) is 6.44. The molecule has 122 valence electrons. The summed E-state index contributed by atoms with van der Waals surface area (Å²) >= 11 is 0. The van der Waals surface area contributed by atoms with Crippen molar-refractivity contribution in [3.63, 3.8) is 0 Å². The Balaban J connectivity index is 2.64. The summed E-state index contributed by atoms with van der Waals surface area (Å²) in [6.45, 7) is 2.26. The standard InChI is InChI=1S/C14H16F3NO4/c1-8(13(20)21)9(2)18-12(19)7-22-11-6-4-3-5-10(11)14(15,16)17/h3-6,8-9H,7H2,1-2H3,(H,18,19)(H,20,21). The van der Waals surface area contributed by atoms with Crippen molar-refractivity contribution in [2.75, 3.05) is 6.61 Å². The summed E-state index contributed by atoms with van der Waals surface area (Å²) in [6, 6.07) is 3.86. The van der Waals surface area contributed by atoms with Gasteiger partial charge in [0.05, 0.1) is 11.5 Å². The van der Waals surface area contributed by atoms with Crippen molar-refractivity contribution in [2.24, 2.45) is 5.92 Å². The summed E-state index contributed by atoms with van der Waals surface area (Å²) in [6.07, 6.45) is -4.59. The Morgan fingerprint density at radius 1 is 1.27 bits per heavy atom. The molecule has 0 aliphatic heterocycles. The van der Waals surface area contributed by atoms with Gasteiger partial charge in [-0.25, -0.2) is 0 Å². The maximum absolute atomic E-state index is 12.7. The Morgan fingerprint density at radius 2 is 1.86 bits per heavy atom. The molecule has 0 radical (unpaired) electrons. The van der Waals surface area contributed by atoms with E-state index in [4.69, 9.17) is 9.84 Å². The first kappa shape index (κ1) is 17.8. The fourth-order valence-electron chi connectivity index (χ4n) is 1.60. The quantitative estimate of drug-likeness (QED) is 0.844.